The largest absolute Gasteiger partial charge is 0.466 e. The molecule has 0 bridgehead atoms. The van der Waals surface area contributed by atoms with E-state index < -0.39 is 26.3 Å². The smallest absolute Gasteiger partial charge is 0.333 e. The molecular weight excluding hydrogens is 480 g/mol. The number of benzene rings is 2. The van der Waals surface area contributed by atoms with Crippen molar-refractivity contribution in [2.45, 2.75) is 50.9 Å². The maximum atomic E-state index is 12.6. The molecule has 0 aliphatic rings. The molecule has 3 nitrogen and oxygen atoms in total. The molecule has 0 saturated carbocycles. The summed E-state index contributed by atoms with van der Waals surface area (Å²) in [6, 6.07) is 15.4. The molecule has 0 amide bonds. The summed E-state index contributed by atoms with van der Waals surface area (Å²) < 4.78 is 12.9. The van der Waals surface area contributed by atoms with Crippen LogP contribution >= 0.6 is 27.5 Å². The molecule has 2 rings (SSSR count). The molecule has 2 aromatic rings. The molecule has 0 heterocycles. The van der Waals surface area contributed by atoms with Crippen LogP contribution < -0.4 is 0 Å². The van der Waals surface area contributed by atoms with Gasteiger partial charge in [0.15, 0.2) is 8.32 Å². The van der Waals surface area contributed by atoms with Crippen molar-refractivity contribution in [3.05, 3.63) is 81.3 Å². The summed E-state index contributed by atoms with van der Waals surface area (Å²) in [5, 5.41) is 0.618. The van der Waals surface area contributed by atoms with E-state index in [2.05, 4.69) is 56.4 Å². The predicted molar refractivity (Wildman–Crippen MR) is 131 cm³/mol. The van der Waals surface area contributed by atoms with Gasteiger partial charge in [-0.3, -0.25) is 0 Å². The van der Waals surface area contributed by atoms with Gasteiger partial charge in [0, 0.05) is 21.0 Å². The Morgan fingerprint density at radius 2 is 1.67 bits per heavy atom. The summed E-state index contributed by atoms with van der Waals surface area (Å²) in [6.45, 7) is 15.1. The summed E-state index contributed by atoms with van der Waals surface area (Å²) in [5.41, 5.74) is 2.21. The minimum atomic E-state index is -2.21. The molecule has 2 aromatic carbocycles. The van der Waals surface area contributed by atoms with E-state index in [0.29, 0.717) is 10.6 Å². The van der Waals surface area contributed by atoms with Crippen LogP contribution in [0.4, 0.5) is 0 Å². The molecule has 6 heteroatoms. The van der Waals surface area contributed by atoms with Crippen LogP contribution in [0.25, 0.3) is 0 Å². The van der Waals surface area contributed by atoms with Gasteiger partial charge in [-0.2, -0.15) is 0 Å². The first-order chi connectivity index (χ1) is 13.9. The molecule has 30 heavy (non-hydrogen) atoms. The normalized spacial score (nSPS) is 14.1. The highest BCUT2D eigenvalue weighted by atomic mass is 79.9. The van der Waals surface area contributed by atoms with Crippen molar-refractivity contribution in [3.63, 3.8) is 0 Å². The highest BCUT2D eigenvalue weighted by Crippen LogP contribution is 2.47. The van der Waals surface area contributed by atoms with Crippen molar-refractivity contribution < 1.29 is 14.0 Å². The first kappa shape index (κ1) is 24.9. The highest BCUT2D eigenvalue weighted by Gasteiger charge is 2.43. The average molecular weight is 510 g/mol. The van der Waals surface area contributed by atoms with Crippen LogP contribution in [0.5, 0.6) is 0 Å². The van der Waals surface area contributed by atoms with Crippen molar-refractivity contribution in [2.24, 2.45) is 0 Å². The number of halogens is 2. The van der Waals surface area contributed by atoms with Crippen molar-refractivity contribution in [3.8, 4) is 0 Å². The van der Waals surface area contributed by atoms with E-state index in [1.165, 1.54) is 7.11 Å². The van der Waals surface area contributed by atoms with Crippen LogP contribution in [0.2, 0.25) is 23.2 Å². The second-order valence-corrected chi connectivity index (χ2v) is 14.9. The molecule has 0 unspecified atom stereocenters. The summed E-state index contributed by atoms with van der Waals surface area (Å²) in [6.07, 6.45) is -0.422. The van der Waals surface area contributed by atoms with Gasteiger partial charge >= 0.3 is 5.97 Å². The van der Waals surface area contributed by atoms with Gasteiger partial charge in [0.25, 0.3) is 0 Å². The lowest BCUT2D eigenvalue weighted by molar-refractivity contribution is -0.136. The van der Waals surface area contributed by atoms with Crippen LogP contribution in [0.1, 0.15) is 43.9 Å². The number of hydrogen-bond acceptors (Lipinski definition) is 3. The Labute approximate surface area is 194 Å². The average Bonchev–Trinajstić information content (AvgIpc) is 2.67. The molecule has 0 fully saturated rings. The van der Waals surface area contributed by atoms with Gasteiger partial charge in [-0.05, 0) is 47.5 Å². The summed E-state index contributed by atoms with van der Waals surface area (Å²) in [7, 11) is -0.842. The first-order valence-corrected chi connectivity index (χ1v) is 13.9. The number of hydrogen-bond donors (Lipinski definition) is 0. The lowest BCUT2D eigenvalue weighted by atomic mass is 9.84. The van der Waals surface area contributed by atoms with Crippen molar-refractivity contribution in [2.75, 3.05) is 7.11 Å². The van der Waals surface area contributed by atoms with Gasteiger partial charge in [-0.1, -0.05) is 85.2 Å². The van der Waals surface area contributed by atoms with Crippen LogP contribution in [0.15, 0.2) is 65.2 Å². The Morgan fingerprint density at radius 3 is 2.17 bits per heavy atom. The number of methoxy groups -OCH3 is 1. The second kappa shape index (κ2) is 9.82. The van der Waals surface area contributed by atoms with Crippen molar-refractivity contribution in [1.82, 2.24) is 0 Å². The van der Waals surface area contributed by atoms with E-state index in [1.54, 1.807) is 0 Å². The number of carbonyl (C=O) groups excluding carboxylic acids is 1. The van der Waals surface area contributed by atoms with E-state index in [-0.39, 0.29) is 5.04 Å². The molecule has 0 saturated heterocycles. The Balaban J connectivity index is 2.71. The Bertz CT molecular complexity index is 903. The summed E-state index contributed by atoms with van der Waals surface area (Å²) in [5.74, 6) is -0.881. The van der Waals surface area contributed by atoms with Gasteiger partial charge < -0.3 is 9.16 Å². The zero-order valence-corrected chi connectivity index (χ0v) is 21.8. The summed E-state index contributed by atoms with van der Waals surface area (Å²) in [4.78, 5) is 12.6. The molecule has 0 aliphatic carbocycles. The number of rotatable bonds is 7. The number of ether oxygens (including phenoxy) is 1. The molecule has 0 aliphatic heterocycles. The molecule has 0 spiro atoms. The predicted octanol–water partition coefficient (Wildman–Crippen LogP) is 7.68. The highest BCUT2D eigenvalue weighted by molar-refractivity contribution is 9.10. The zero-order chi connectivity index (χ0) is 22.7. The van der Waals surface area contributed by atoms with Crippen LogP contribution in [-0.4, -0.2) is 21.4 Å². The molecular formula is C24H30BrClO3Si. The number of carbonyl (C=O) groups is 1. The third-order valence-corrected chi connectivity index (χ3v) is 11.2. The van der Waals surface area contributed by atoms with Crippen LogP contribution in [-0.2, 0) is 14.0 Å². The molecule has 0 radical (unpaired) electrons. The minimum absolute atomic E-state index is 0.0103. The Hall–Kier alpha value is -1.40. The van der Waals surface area contributed by atoms with Crippen molar-refractivity contribution >= 4 is 41.8 Å². The van der Waals surface area contributed by atoms with Gasteiger partial charge in [0.1, 0.15) is 0 Å². The first-order valence-electron chi connectivity index (χ1n) is 9.84. The second-order valence-electron chi connectivity index (χ2n) is 8.87. The maximum Gasteiger partial charge on any atom is 0.333 e. The van der Waals surface area contributed by atoms with E-state index in [4.69, 9.17) is 20.8 Å². The van der Waals surface area contributed by atoms with E-state index in [9.17, 15) is 4.79 Å². The monoisotopic (exact) mass is 508 g/mol. The fraction of sp³-hybridized carbons (Fsp3) is 0.375. The standard InChI is InChI=1S/C24H30BrClO3Si/c1-16(23(27)28-5)21(17-12-14-18(26)15-13-17)22(19-10-8-9-11-20(19)25)29-30(6,7)24(2,3)4/h8-15,21-22H,1H2,2-7H3/t21-,22+/m1/s1. The van der Waals surface area contributed by atoms with Gasteiger partial charge in [0.2, 0.25) is 0 Å². The molecule has 0 N–H and O–H groups in total. The van der Waals surface area contributed by atoms with E-state index in [0.717, 1.165) is 15.6 Å². The van der Waals surface area contributed by atoms with Crippen LogP contribution in [0.3, 0.4) is 0 Å². The third kappa shape index (κ3) is 5.64. The van der Waals surface area contributed by atoms with Gasteiger partial charge in [0.05, 0.1) is 13.2 Å². The minimum Gasteiger partial charge on any atom is -0.466 e. The molecule has 162 valence electrons. The van der Waals surface area contributed by atoms with E-state index in [1.807, 2.05) is 48.5 Å². The Kier molecular flexibility index (Phi) is 8.13. The fourth-order valence-corrected chi connectivity index (χ4v) is 4.89. The third-order valence-electron chi connectivity index (χ3n) is 5.79. The van der Waals surface area contributed by atoms with Crippen molar-refractivity contribution in [1.29, 1.82) is 0 Å². The fourth-order valence-electron chi connectivity index (χ4n) is 3.00. The quantitative estimate of drug-likeness (QED) is 0.218. The lowest BCUT2D eigenvalue weighted by Gasteiger charge is -2.42. The summed E-state index contributed by atoms with van der Waals surface area (Å²) >= 11 is 9.81. The van der Waals surface area contributed by atoms with Gasteiger partial charge in [-0.15, -0.1) is 0 Å². The van der Waals surface area contributed by atoms with Crippen LogP contribution in [0, 0.1) is 0 Å². The van der Waals surface area contributed by atoms with Gasteiger partial charge in [-0.25, -0.2) is 4.79 Å². The maximum absolute atomic E-state index is 12.6. The zero-order valence-electron chi connectivity index (χ0n) is 18.5. The topological polar surface area (TPSA) is 35.5 Å². The molecule has 2 atom stereocenters. The molecule has 0 aromatic heterocycles. The SMILES string of the molecule is C=C(C(=O)OC)[C@H](c1ccc(Cl)cc1)[C@@H](O[Si](C)(C)C(C)(C)C)c1ccccc1Br. The Morgan fingerprint density at radius 1 is 1.10 bits per heavy atom. The lowest BCUT2D eigenvalue weighted by Crippen LogP contribution is -2.43. The van der Waals surface area contributed by atoms with E-state index >= 15 is 0 Å². The number of esters is 1.